The summed E-state index contributed by atoms with van der Waals surface area (Å²) in [6.07, 6.45) is -50.9. The van der Waals surface area contributed by atoms with Gasteiger partial charge in [0.25, 0.3) is 0 Å². The number of rotatable bonds is 23. The van der Waals surface area contributed by atoms with E-state index in [1.165, 1.54) is 0 Å². The summed E-state index contributed by atoms with van der Waals surface area (Å²) in [5.74, 6) is -2.54. The van der Waals surface area contributed by atoms with E-state index in [1.54, 1.807) is 0 Å². The molecule has 0 aromatic carbocycles. The van der Waals surface area contributed by atoms with Crippen LogP contribution < -0.4 is 16.0 Å². The Bertz CT molecular complexity index is 1820. The average molecular weight is 1120 g/mol. The van der Waals surface area contributed by atoms with Crippen LogP contribution in [0.4, 0.5) is 0 Å². The molecule has 3 amide bonds. The molecule has 5 saturated heterocycles. The van der Waals surface area contributed by atoms with Gasteiger partial charge in [0.15, 0.2) is 31.5 Å². The first kappa shape index (κ1) is 64.1. The Labute approximate surface area is 431 Å². The summed E-state index contributed by atoms with van der Waals surface area (Å²) in [4.78, 5) is 37.5. The van der Waals surface area contributed by atoms with Gasteiger partial charge in [-0.15, -0.1) is 0 Å². The fourth-order valence-corrected chi connectivity index (χ4v) is 9.21. The Morgan fingerprint density at radius 2 is 0.895 bits per heavy atom. The zero-order valence-electron chi connectivity index (χ0n) is 41.0. The summed E-state index contributed by atoms with van der Waals surface area (Å²) in [5, 5.41) is 199. The first-order valence-electron chi connectivity index (χ1n) is 24.0. The van der Waals surface area contributed by atoms with E-state index in [1.807, 2.05) is 0 Å². The highest BCUT2D eigenvalue weighted by atomic mass is 16.8. The third-order valence-electron chi connectivity index (χ3n) is 13.3. The molecule has 0 aliphatic carbocycles. The number of carbonyl (C=O) groups excluding carboxylic acids is 3. The molecule has 34 heteroatoms. The van der Waals surface area contributed by atoms with Crippen LogP contribution in [0.15, 0.2) is 0 Å². The van der Waals surface area contributed by atoms with Crippen molar-refractivity contribution in [3.63, 3.8) is 0 Å². The SMILES string of the molecule is CC(=O)N[C@H]1[C@H](OC[C@H]2O[C@@H](O[C@@H]([C@@H](O)[C@H](O)CO)[C@H](CO)NC(C)=O)[C@H](O)[C@@H](O[C@@H]3O[C@H](CO)[C@@H](O)[C@H](O[C@@H]4O[C@H](CO)[C@H](O)[C@H](O)[C@H]4O)[C@H]3NC(C)=O)[C@H]2O)O[C@H](CO)[C@@H](O[C@@H]2O[C@H](CO)[C@H](O)[C@H](O)[C@H]2O)[C@@H]1O. The van der Waals surface area contributed by atoms with Gasteiger partial charge in [-0.3, -0.25) is 14.4 Å². The molecule has 0 unspecified atom stereocenters. The highest BCUT2D eigenvalue weighted by Crippen LogP contribution is 2.35. The van der Waals surface area contributed by atoms with Gasteiger partial charge in [-0.2, -0.15) is 0 Å². The highest BCUT2D eigenvalue weighted by molar-refractivity contribution is 5.74. The first-order valence-corrected chi connectivity index (χ1v) is 24.0. The topological polar surface area (TPSA) is 544 Å². The molecule has 0 saturated carbocycles. The van der Waals surface area contributed by atoms with Crippen molar-refractivity contribution < 1.29 is 154 Å². The van der Waals surface area contributed by atoms with E-state index < -0.39 is 242 Å². The quantitative estimate of drug-likeness (QED) is 0.0452. The molecule has 21 N–H and O–H groups in total. The van der Waals surface area contributed by atoms with E-state index in [0.29, 0.717) is 0 Å². The van der Waals surface area contributed by atoms with Gasteiger partial charge in [-0.05, 0) is 0 Å². The van der Waals surface area contributed by atoms with Crippen LogP contribution in [-0.2, 0) is 61.8 Å². The van der Waals surface area contributed by atoms with Crippen molar-refractivity contribution in [2.45, 2.75) is 199 Å². The second kappa shape index (κ2) is 28.6. The summed E-state index contributed by atoms with van der Waals surface area (Å²) in [7, 11) is 0. The number of hydrogen-bond donors (Lipinski definition) is 21. The Balaban J connectivity index is 1.51. The van der Waals surface area contributed by atoms with Gasteiger partial charge in [0, 0.05) is 20.8 Å². The van der Waals surface area contributed by atoms with E-state index in [4.69, 9.17) is 47.4 Å². The maximum absolute atomic E-state index is 12.8. The van der Waals surface area contributed by atoms with Crippen molar-refractivity contribution in [2.75, 3.05) is 46.2 Å². The van der Waals surface area contributed by atoms with Gasteiger partial charge >= 0.3 is 0 Å². The summed E-state index contributed by atoms with van der Waals surface area (Å²) >= 11 is 0. The van der Waals surface area contributed by atoms with Crippen molar-refractivity contribution in [2.24, 2.45) is 0 Å². The zero-order valence-corrected chi connectivity index (χ0v) is 41.0. The first-order chi connectivity index (χ1) is 35.9. The van der Waals surface area contributed by atoms with Gasteiger partial charge in [-0.1, -0.05) is 0 Å². The summed E-state index contributed by atoms with van der Waals surface area (Å²) < 4.78 is 57.9. The molecule has 5 aliphatic rings. The highest BCUT2D eigenvalue weighted by Gasteiger charge is 2.57. The molecule has 0 aromatic heterocycles. The van der Waals surface area contributed by atoms with Crippen LogP contribution in [-0.4, -0.2) is 334 Å². The molecular formula is C42H73N3O31. The van der Waals surface area contributed by atoms with Gasteiger partial charge in [0.1, 0.15) is 140 Å². The summed E-state index contributed by atoms with van der Waals surface area (Å²) in [5.41, 5.74) is 0. The van der Waals surface area contributed by atoms with Crippen LogP contribution in [0.5, 0.6) is 0 Å². The largest absolute Gasteiger partial charge is 0.394 e. The fourth-order valence-electron chi connectivity index (χ4n) is 9.21. The second-order valence-corrected chi connectivity index (χ2v) is 18.8. The lowest BCUT2D eigenvalue weighted by atomic mass is 9.94. The van der Waals surface area contributed by atoms with Crippen LogP contribution in [0, 0.1) is 0 Å². The monoisotopic (exact) mass is 1120 g/mol. The molecule has 34 nitrogen and oxygen atoms in total. The van der Waals surface area contributed by atoms with Gasteiger partial charge < -0.3 is 155 Å². The van der Waals surface area contributed by atoms with Gasteiger partial charge in [0.05, 0.1) is 52.3 Å². The molecule has 5 rings (SSSR count). The maximum atomic E-state index is 12.8. The maximum Gasteiger partial charge on any atom is 0.217 e. The van der Waals surface area contributed by atoms with Crippen LogP contribution in [0.3, 0.4) is 0 Å². The molecule has 0 spiro atoms. The van der Waals surface area contributed by atoms with Gasteiger partial charge in [-0.25, -0.2) is 0 Å². The fraction of sp³-hybridized carbons (Fsp3) is 0.929. The minimum atomic E-state index is -2.35. The number of carbonyl (C=O) groups is 3. The zero-order chi connectivity index (χ0) is 56.6. The predicted octanol–water partition coefficient (Wildman–Crippen LogP) is -14.0. The molecule has 0 bridgehead atoms. The lowest BCUT2D eigenvalue weighted by Gasteiger charge is -2.50. The number of amides is 3. The average Bonchev–Trinajstić information content (AvgIpc) is 3.38. The van der Waals surface area contributed by atoms with Crippen molar-refractivity contribution >= 4 is 17.7 Å². The van der Waals surface area contributed by atoms with E-state index in [0.717, 1.165) is 20.8 Å². The van der Waals surface area contributed by atoms with E-state index in [9.17, 15) is 106 Å². The standard InChI is InChI=1S/C42H73N3O31/c1-11(52)43-14(4-46)34(23(56)15(55)5-47)73-42-33(66)37(76-39-22(45-13(3)54)36(26(59)18(8-50)68-39)75-41-32(65)30(63)25(58)17(7-49)70-41)27(60)20(72-42)10-67-38-21(44-12(2)53)28(61)35(19(9-51)71-38)74-40-31(64)29(62)24(57)16(6-48)69-40/h14-42,46-51,55-66H,4-10H2,1-3H3,(H,43,52)(H,44,53)(H,45,54)/t14-,15+,16+,17+,18+,19+,20+,21+,22+,23-,24-,25-,26+,27-,28+,29-,30-,31+,32+,33+,34+,35+,36+,37-,38+,39-,40-,41-,42-/m0/s1. The molecule has 0 radical (unpaired) electrons. The minimum Gasteiger partial charge on any atom is -0.394 e. The molecular weight excluding hydrogens is 1040 g/mol. The smallest absolute Gasteiger partial charge is 0.217 e. The molecule has 76 heavy (non-hydrogen) atoms. The number of ether oxygens (including phenoxy) is 10. The molecule has 5 heterocycles. The normalized spacial score (nSPS) is 43.8. The van der Waals surface area contributed by atoms with Crippen molar-refractivity contribution in [1.82, 2.24) is 16.0 Å². The molecule has 442 valence electrons. The number of aliphatic hydroxyl groups excluding tert-OH is 18. The third-order valence-corrected chi connectivity index (χ3v) is 13.3. The molecule has 5 fully saturated rings. The lowest BCUT2D eigenvalue weighted by Crippen LogP contribution is -2.70. The van der Waals surface area contributed by atoms with Crippen molar-refractivity contribution in [3.05, 3.63) is 0 Å². The summed E-state index contributed by atoms with van der Waals surface area (Å²) in [6, 6.07) is -5.19. The Hall–Kier alpha value is -2.71. The minimum absolute atomic E-state index is 0.823. The molecule has 0 aromatic rings. The van der Waals surface area contributed by atoms with E-state index in [-0.39, 0.29) is 0 Å². The van der Waals surface area contributed by atoms with Crippen molar-refractivity contribution in [3.8, 4) is 0 Å². The predicted molar refractivity (Wildman–Crippen MR) is 236 cm³/mol. The van der Waals surface area contributed by atoms with E-state index in [2.05, 4.69) is 16.0 Å². The van der Waals surface area contributed by atoms with E-state index >= 15 is 0 Å². The van der Waals surface area contributed by atoms with Crippen LogP contribution >= 0.6 is 0 Å². The number of nitrogens with one attached hydrogen (secondary N) is 3. The van der Waals surface area contributed by atoms with Gasteiger partial charge in [0.2, 0.25) is 17.7 Å². The van der Waals surface area contributed by atoms with Crippen LogP contribution in [0.25, 0.3) is 0 Å². The Morgan fingerprint density at radius 1 is 0.447 bits per heavy atom. The Morgan fingerprint density at radius 3 is 1.38 bits per heavy atom. The number of aliphatic hydroxyl groups is 18. The molecule has 29 atom stereocenters. The van der Waals surface area contributed by atoms with Crippen LogP contribution in [0.1, 0.15) is 20.8 Å². The number of hydrogen-bond acceptors (Lipinski definition) is 31. The summed E-state index contributed by atoms with van der Waals surface area (Å²) in [6.45, 7) is -4.01. The lowest BCUT2D eigenvalue weighted by molar-refractivity contribution is -0.375. The third kappa shape index (κ3) is 14.8. The molecule has 5 aliphatic heterocycles. The van der Waals surface area contributed by atoms with Crippen molar-refractivity contribution in [1.29, 1.82) is 0 Å². The Kier molecular flexibility index (Phi) is 24.1. The second-order valence-electron chi connectivity index (χ2n) is 18.8. The van der Waals surface area contributed by atoms with Crippen LogP contribution in [0.2, 0.25) is 0 Å².